The molecule has 1 saturated heterocycles. The van der Waals surface area contributed by atoms with Crippen LogP contribution in [-0.2, 0) is 18.3 Å². The number of benzene rings is 1. The minimum atomic E-state index is -1.14. The van der Waals surface area contributed by atoms with Gasteiger partial charge in [0.25, 0.3) is 5.56 Å². The molecule has 174 valence electrons. The van der Waals surface area contributed by atoms with Crippen LogP contribution in [0, 0.1) is 11.8 Å². The molecule has 0 saturated carbocycles. The fourth-order valence-electron chi connectivity index (χ4n) is 4.54. The second kappa shape index (κ2) is 9.39. The summed E-state index contributed by atoms with van der Waals surface area (Å²) in [6, 6.07) is 7.30. The summed E-state index contributed by atoms with van der Waals surface area (Å²) in [6.45, 7) is 5.77. The Morgan fingerprint density at radius 1 is 1.24 bits per heavy atom. The third-order valence-electron chi connectivity index (χ3n) is 5.93. The molecule has 4 rings (SSSR count). The molecular formula is C24H27ClN4O4. The van der Waals surface area contributed by atoms with Crippen molar-refractivity contribution in [1.82, 2.24) is 14.5 Å². The number of piperidine rings is 1. The van der Waals surface area contributed by atoms with Gasteiger partial charge < -0.3 is 19.3 Å². The number of carboxylic acids is 1. The van der Waals surface area contributed by atoms with E-state index in [9.17, 15) is 9.59 Å². The monoisotopic (exact) mass is 470 g/mol. The molecule has 2 aromatic heterocycles. The summed E-state index contributed by atoms with van der Waals surface area (Å²) in [5, 5.41) is 10.1. The van der Waals surface area contributed by atoms with Gasteiger partial charge in [0.1, 0.15) is 0 Å². The lowest BCUT2D eigenvalue weighted by Crippen LogP contribution is -2.39. The highest BCUT2D eigenvalue weighted by molar-refractivity contribution is 6.31. The number of carbonyl (C=O) groups is 1. The number of nitrogens with zero attached hydrogens (tertiary/aromatic N) is 4. The number of aliphatic carboxylic acids is 1. The van der Waals surface area contributed by atoms with E-state index < -0.39 is 12.6 Å². The second-order valence-corrected chi connectivity index (χ2v) is 9.35. The summed E-state index contributed by atoms with van der Waals surface area (Å²) in [4.78, 5) is 34.8. The van der Waals surface area contributed by atoms with Crippen LogP contribution in [0.15, 0.2) is 35.3 Å². The molecular weight excluding hydrogens is 444 g/mol. The molecule has 2 atom stereocenters. The Morgan fingerprint density at radius 2 is 1.97 bits per heavy atom. The second-order valence-electron chi connectivity index (χ2n) is 8.94. The highest BCUT2D eigenvalue weighted by Gasteiger charge is 2.24. The maximum Gasteiger partial charge on any atom is 0.341 e. The van der Waals surface area contributed by atoms with Crippen molar-refractivity contribution in [2.45, 2.75) is 26.7 Å². The molecule has 0 unspecified atom stereocenters. The number of hydrogen-bond donors (Lipinski definition) is 1. The van der Waals surface area contributed by atoms with E-state index >= 15 is 0 Å². The molecule has 3 aromatic rings. The normalized spacial score (nSPS) is 18.5. The van der Waals surface area contributed by atoms with E-state index in [1.165, 1.54) is 11.0 Å². The zero-order valence-electron chi connectivity index (χ0n) is 18.9. The van der Waals surface area contributed by atoms with Gasteiger partial charge in [0.2, 0.25) is 5.95 Å². The summed E-state index contributed by atoms with van der Waals surface area (Å²) in [6.07, 6.45) is 3.36. The molecule has 0 spiro atoms. The first-order chi connectivity index (χ1) is 15.7. The molecule has 8 nitrogen and oxygen atoms in total. The van der Waals surface area contributed by atoms with E-state index in [1.807, 2.05) is 18.2 Å². The van der Waals surface area contributed by atoms with Crippen LogP contribution in [0.1, 0.15) is 31.5 Å². The molecule has 0 aliphatic carbocycles. The van der Waals surface area contributed by atoms with Crippen LogP contribution in [0.25, 0.3) is 10.9 Å². The first-order valence-corrected chi connectivity index (χ1v) is 11.3. The van der Waals surface area contributed by atoms with Crippen molar-refractivity contribution in [3.63, 3.8) is 0 Å². The molecule has 3 heterocycles. The van der Waals surface area contributed by atoms with Crippen LogP contribution >= 0.6 is 11.6 Å². The molecule has 1 aromatic carbocycles. The molecule has 9 heteroatoms. The first-order valence-electron chi connectivity index (χ1n) is 10.9. The van der Waals surface area contributed by atoms with Crippen molar-refractivity contribution in [3.05, 3.63) is 57.1 Å². The number of fused-ring (bicyclic) bond motifs is 1. The van der Waals surface area contributed by atoms with Gasteiger partial charge in [0.05, 0.1) is 22.4 Å². The predicted molar refractivity (Wildman–Crippen MR) is 127 cm³/mol. The lowest BCUT2D eigenvalue weighted by molar-refractivity contribution is -0.139. The van der Waals surface area contributed by atoms with Crippen molar-refractivity contribution in [2.75, 3.05) is 24.6 Å². The summed E-state index contributed by atoms with van der Waals surface area (Å²) < 4.78 is 6.63. The van der Waals surface area contributed by atoms with E-state index in [0.29, 0.717) is 29.2 Å². The number of aryl methyl sites for hydroxylation is 1. The minimum Gasteiger partial charge on any atom is -0.479 e. The number of halogens is 1. The first kappa shape index (κ1) is 23.0. The Kier molecular flexibility index (Phi) is 6.56. The van der Waals surface area contributed by atoms with E-state index in [4.69, 9.17) is 26.4 Å². The third kappa shape index (κ3) is 5.11. The Balaban J connectivity index is 1.64. The molecule has 1 aliphatic heterocycles. The van der Waals surface area contributed by atoms with Gasteiger partial charge in [-0.1, -0.05) is 31.5 Å². The van der Waals surface area contributed by atoms with Crippen LogP contribution in [-0.4, -0.2) is 45.3 Å². The van der Waals surface area contributed by atoms with Gasteiger partial charge in [-0.15, -0.1) is 0 Å². The highest BCUT2D eigenvalue weighted by Crippen LogP contribution is 2.27. The van der Waals surface area contributed by atoms with E-state index in [2.05, 4.69) is 23.7 Å². The summed E-state index contributed by atoms with van der Waals surface area (Å²) >= 11 is 6.44. The van der Waals surface area contributed by atoms with Gasteiger partial charge in [0, 0.05) is 31.9 Å². The zero-order chi connectivity index (χ0) is 23.7. The number of anilines is 1. The molecule has 0 radical (unpaired) electrons. The number of ether oxygens (including phenoxy) is 1. The van der Waals surface area contributed by atoms with Crippen molar-refractivity contribution in [1.29, 1.82) is 0 Å². The molecule has 0 amide bonds. The van der Waals surface area contributed by atoms with Gasteiger partial charge in [-0.05, 0) is 42.0 Å². The maximum absolute atomic E-state index is 12.5. The van der Waals surface area contributed by atoms with Crippen LogP contribution in [0.4, 0.5) is 5.95 Å². The summed E-state index contributed by atoms with van der Waals surface area (Å²) in [7, 11) is 1.63. The minimum absolute atomic E-state index is 0.000225. The Hall–Kier alpha value is -3.13. The number of hydrogen-bond acceptors (Lipinski definition) is 6. The fourth-order valence-corrected chi connectivity index (χ4v) is 4.70. The van der Waals surface area contributed by atoms with Crippen molar-refractivity contribution >= 4 is 34.4 Å². The van der Waals surface area contributed by atoms with Crippen molar-refractivity contribution < 1.29 is 14.6 Å². The number of aromatic nitrogens is 3. The van der Waals surface area contributed by atoms with Gasteiger partial charge in [-0.3, -0.25) is 4.79 Å². The van der Waals surface area contributed by atoms with E-state index in [-0.39, 0.29) is 11.3 Å². The van der Waals surface area contributed by atoms with Gasteiger partial charge >= 0.3 is 5.97 Å². The third-order valence-corrected chi connectivity index (χ3v) is 6.25. The summed E-state index contributed by atoms with van der Waals surface area (Å²) in [5.74, 6) is 0.723. The van der Waals surface area contributed by atoms with E-state index in [0.717, 1.165) is 35.2 Å². The number of carboxylic acid groups (broad SMARTS) is 1. The standard InChI is InChI=1S/C24H27ClN4O4/c1-14-6-15(2)12-29(11-14)24-26-10-18(25)19(27-24)8-16-4-5-20-17(7-16)9-21(23(32)28(20)3)33-13-22(30)31/h4-5,7,9-10,14-15H,6,8,11-13H2,1-3H3,(H,30,31)/t14-,15+. The highest BCUT2D eigenvalue weighted by atomic mass is 35.5. The molecule has 1 aliphatic rings. The molecule has 0 bridgehead atoms. The van der Waals surface area contributed by atoms with Crippen LogP contribution in [0.5, 0.6) is 5.75 Å². The van der Waals surface area contributed by atoms with Crippen molar-refractivity contribution in [3.8, 4) is 5.75 Å². The lowest BCUT2D eigenvalue weighted by atomic mass is 9.92. The molecule has 33 heavy (non-hydrogen) atoms. The van der Waals surface area contributed by atoms with Crippen LogP contribution < -0.4 is 15.2 Å². The Bertz CT molecular complexity index is 1250. The number of rotatable bonds is 6. The largest absolute Gasteiger partial charge is 0.479 e. The van der Waals surface area contributed by atoms with Gasteiger partial charge in [-0.25, -0.2) is 14.8 Å². The van der Waals surface area contributed by atoms with E-state index in [1.54, 1.807) is 19.3 Å². The predicted octanol–water partition coefficient (Wildman–Crippen LogP) is 3.52. The summed E-state index contributed by atoms with van der Waals surface area (Å²) in [5.41, 5.74) is 2.03. The van der Waals surface area contributed by atoms with Crippen LogP contribution in [0.3, 0.4) is 0 Å². The maximum atomic E-state index is 12.5. The zero-order valence-corrected chi connectivity index (χ0v) is 19.7. The Morgan fingerprint density at radius 3 is 2.67 bits per heavy atom. The average molecular weight is 471 g/mol. The van der Waals surface area contributed by atoms with Gasteiger partial charge in [0.15, 0.2) is 12.4 Å². The number of pyridine rings is 1. The fraction of sp³-hybridized carbons (Fsp3) is 0.417. The smallest absolute Gasteiger partial charge is 0.341 e. The average Bonchev–Trinajstić information content (AvgIpc) is 2.76. The Labute approximate surface area is 196 Å². The van der Waals surface area contributed by atoms with Crippen LogP contribution in [0.2, 0.25) is 5.02 Å². The lowest BCUT2D eigenvalue weighted by Gasteiger charge is -2.35. The molecule has 1 N–H and O–H groups in total. The topological polar surface area (TPSA) is 97.6 Å². The quantitative estimate of drug-likeness (QED) is 0.588. The molecule has 1 fully saturated rings. The SMILES string of the molecule is C[C@@H]1C[C@H](C)CN(c2ncc(Cl)c(Cc3ccc4c(c3)cc(OCC(=O)O)c(=O)n4C)n2)C1. The van der Waals surface area contributed by atoms with Crippen molar-refractivity contribution in [2.24, 2.45) is 18.9 Å². The van der Waals surface area contributed by atoms with Gasteiger partial charge in [-0.2, -0.15) is 0 Å².